The number of thiophene rings is 1. The number of rotatable bonds is 5. The molecular formula is C15H18BrNOS. The van der Waals surface area contributed by atoms with Crippen LogP contribution in [0.5, 0.6) is 5.75 Å². The zero-order valence-corrected chi connectivity index (χ0v) is 13.6. The third kappa shape index (κ3) is 3.81. The average Bonchev–Trinajstić information content (AvgIpc) is 2.85. The standard InChI is InChI=1S/C15H18BrNOS/c1-3-12-5-6-13(19-12)9-18-15-7-4-11(16)8-14(15)10(2)17/h4-8,10H,3,9,17H2,1-2H3/t10-/m1/s1. The first-order valence-corrected chi connectivity index (χ1v) is 7.96. The summed E-state index contributed by atoms with van der Waals surface area (Å²) in [6, 6.07) is 10.2. The molecule has 0 saturated heterocycles. The molecule has 0 fully saturated rings. The fourth-order valence-corrected chi connectivity index (χ4v) is 3.10. The zero-order chi connectivity index (χ0) is 13.8. The van der Waals surface area contributed by atoms with Crippen molar-refractivity contribution in [3.8, 4) is 5.75 Å². The van der Waals surface area contributed by atoms with E-state index in [4.69, 9.17) is 10.5 Å². The topological polar surface area (TPSA) is 35.2 Å². The van der Waals surface area contributed by atoms with Crippen molar-refractivity contribution in [3.63, 3.8) is 0 Å². The van der Waals surface area contributed by atoms with Gasteiger partial charge in [0, 0.05) is 25.8 Å². The van der Waals surface area contributed by atoms with E-state index in [1.165, 1.54) is 9.75 Å². The van der Waals surface area contributed by atoms with Crippen LogP contribution >= 0.6 is 27.3 Å². The summed E-state index contributed by atoms with van der Waals surface area (Å²) in [7, 11) is 0. The number of ether oxygens (including phenoxy) is 1. The molecule has 102 valence electrons. The number of aryl methyl sites for hydroxylation is 1. The molecule has 1 heterocycles. The molecule has 1 aromatic carbocycles. The lowest BCUT2D eigenvalue weighted by atomic mass is 10.1. The Morgan fingerprint density at radius 1 is 1.26 bits per heavy atom. The molecule has 0 radical (unpaired) electrons. The van der Waals surface area contributed by atoms with Crippen LogP contribution in [0.3, 0.4) is 0 Å². The molecule has 0 unspecified atom stereocenters. The molecule has 2 N–H and O–H groups in total. The predicted octanol–water partition coefficient (Wildman–Crippen LogP) is 4.67. The Kier molecular flexibility index (Phi) is 5.02. The van der Waals surface area contributed by atoms with Crippen LogP contribution in [0.1, 0.15) is 35.2 Å². The molecule has 19 heavy (non-hydrogen) atoms. The third-order valence-corrected chi connectivity index (χ3v) is 4.59. The van der Waals surface area contributed by atoms with Crippen LogP contribution in [-0.4, -0.2) is 0 Å². The van der Waals surface area contributed by atoms with Crippen molar-refractivity contribution in [2.45, 2.75) is 32.9 Å². The fourth-order valence-electron chi connectivity index (χ4n) is 1.85. The summed E-state index contributed by atoms with van der Waals surface area (Å²) in [5.41, 5.74) is 7.01. The summed E-state index contributed by atoms with van der Waals surface area (Å²) >= 11 is 5.27. The van der Waals surface area contributed by atoms with Gasteiger partial charge in [0.2, 0.25) is 0 Å². The van der Waals surface area contributed by atoms with E-state index in [0.717, 1.165) is 22.2 Å². The van der Waals surface area contributed by atoms with Crippen LogP contribution in [0.4, 0.5) is 0 Å². The Hall–Kier alpha value is -0.840. The smallest absolute Gasteiger partial charge is 0.124 e. The quantitative estimate of drug-likeness (QED) is 0.858. The maximum absolute atomic E-state index is 5.98. The molecule has 0 amide bonds. The molecule has 0 saturated carbocycles. The van der Waals surface area contributed by atoms with Gasteiger partial charge in [0.15, 0.2) is 0 Å². The van der Waals surface area contributed by atoms with E-state index < -0.39 is 0 Å². The summed E-state index contributed by atoms with van der Waals surface area (Å²) in [5, 5.41) is 0. The van der Waals surface area contributed by atoms with E-state index in [1.807, 2.05) is 25.1 Å². The first kappa shape index (κ1) is 14.6. The van der Waals surface area contributed by atoms with Gasteiger partial charge < -0.3 is 10.5 Å². The van der Waals surface area contributed by atoms with E-state index in [1.54, 1.807) is 11.3 Å². The number of nitrogens with two attached hydrogens (primary N) is 1. The molecule has 4 heteroatoms. The van der Waals surface area contributed by atoms with E-state index >= 15 is 0 Å². The van der Waals surface area contributed by atoms with Crippen molar-refractivity contribution in [2.24, 2.45) is 5.73 Å². The van der Waals surface area contributed by atoms with Crippen LogP contribution in [0.15, 0.2) is 34.8 Å². The van der Waals surface area contributed by atoms with E-state index in [2.05, 4.69) is 35.0 Å². The monoisotopic (exact) mass is 339 g/mol. The van der Waals surface area contributed by atoms with E-state index in [-0.39, 0.29) is 6.04 Å². The first-order valence-electron chi connectivity index (χ1n) is 6.35. The zero-order valence-electron chi connectivity index (χ0n) is 11.2. The highest BCUT2D eigenvalue weighted by Crippen LogP contribution is 2.29. The van der Waals surface area contributed by atoms with Crippen LogP contribution in [0, 0.1) is 0 Å². The minimum atomic E-state index is -0.0398. The molecule has 0 aliphatic heterocycles. The molecule has 0 aliphatic rings. The summed E-state index contributed by atoms with van der Waals surface area (Å²) in [6.45, 7) is 4.74. The minimum Gasteiger partial charge on any atom is -0.488 e. The predicted molar refractivity (Wildman–Crippen MR) is 84.8 cm³/mol. The lowest BCUT2D eigenvalue weighted by molar-refractivity contribution is 0.305. The van der Waals surface area contributed by atoms with Gasteiger partial charge in [0.1, 0.15) is 12.4 Å². The summed E-state index contributed by atoms with van der Waals surface area (Å²) in [6.07, 6.45) is 1.08. The second-order valence-corrected chi connectivity index (χ2v) is 6.65. The van der Waals surface area contributed by atoms with Gasteiger partial charge in [-0.1, -0.05) is 22.9 Å². The van der Waals surface area contributed by atoms with Gasteiger partial charge in [-0.25, -0.2) is 0 Å². The Balaban J connectivity index is 2.10. The molecule has 1 aromatic heterocycles. The largest absolute Gasteiger partial charge is 0.488 e. The van der Waals surface area contributed by atoms with Crippen molar-refractivity contribution in [1.29, 1.82) is 0 Å². The van der Waals surface area contributed by atoms with Gasteiger partial charge in [-0.05, 0) is 43.7 Å². The molecule has 0 bridgehead atoms. The number of benzene rings is 1. The van der Waals surface area contributed by atoms with Crippen LogP contribution in [0.2, 0.25) is 0 Å². The maximum atomic E-state index is 5.98. The second kappa shape index (κ2) is 6.55. The van der Waals surface area contributed by atoms with E-state index in [9.17, 15) is 0 Å². The Morgan fingerprint density at radius 3 is 2.63 bits per heavy atom. The summed E-state index contributed by atoms with van der Waals surface area (Å²) in [4.78, 5) is 2.64. The van der Waals surface area contributed by atoms with Gasteiger partial charge in [-0.2, -0.15) is 0 Å². The lowest BCUT2D eigenvalue weighted by Gasteiger charge is -2.14. The van der Waals surface area contributed by atoms with E-state index in [0.29, 0.717) is 6.61 Å². The second-order valence-electron chi connectivity index (χ2n) is 4.48. The molecule has 2 aromatic rings. The van der Waals surface area contributed by atoms with Gasteiger partial charge in [-0.15, -0.1) is 11.3 Å². The lowest BCUT2D eigenvalue weighted by Crippen LogP contribution is -2.08. The SMILES string of the molecule is CCc1ccc(COc2ccc(Br)cc2[C@@H](C)N)s1. The van der Waals surface area contributed by atoms with Crippen molar-refractivity contribution >= 4 is 27.3 Å². The number of hydrogen-bond acceptors (Lipinski definition) is 3. The van der Waals surface area contributed by atoms with Crippen molar-refractivity contribution in [2.75, 3.05) is 0 Å². The van der Waals surface area contributed by atoms with Gasteiger partial charge in [0.05, 0.1) is 0 Å². The number of halogens is 1. The van der Waals surface area contributed by atoms with Gasteiger partial charge in [0.25, 0.3) is 0 Å². The Labute approximate surface area is 126 Å². The van der Waals surface area contributed by atoms with Crippen LogP contribution < -0.4 is 10.5 Å². The van der Waals surface area contributed by atoms with Crippen LogP contribution in [0.25, 0.3) is 0 Å². The first-order chi connectivity index (χ1) is 9.10. The molecule has 2 rings (SSSR count). The molecular weight excluding hydrogens is 322 g/mol. The summed E-state index contributed by atoms with van der Waals surface area (Å²) in [5.74, 6) is 0.865. The third-order valence-electron chi connectivity index (χ3n) is 2.90. The molecule has 0 spiro atoms. The highest BCUT2D eigenvalue weighted by atomic mass is 79.9. The Bertz CT molecular complexity index is 551. The average molecular weight is 340 g/mol. The van der Waals surface area contributed by atoms with Crippen molar-refractivity contribution < 1.29 is 4.74 Å². The molecule has 0 aliphatic carbocycles. The minimum absolute atomic E-state index is 0.0398. The van der Waals surface area contributed by atoms with Crippen molar-refractivity contribution in [3.05, 3.63) is 50.1 Å². The summed E-state index contributed by atoms with van der Waals surface area (Å²) < 4.78 is 6.93. The fraction of sp³-hybridized carbons (Fsp3) is 0.333. The molecule has 2 nitrogen and oxygen atoms in total. The Morgan fingerprint density at radius 2 is 2.00 bits per heavy atom. The van der Waals surface area contributed by atoms with Gasteiger partial charge in [-0.3, -0.25) is 0 Å². The normalized spacial score (nSPS) is 12.4. The van der Waals surface area contributed by atoms with Crippen molar-refractivity contribution in [1.82, 2.24) is 0 Å². The number of hydrogen-bond donors (Lipinski definition) is 1. The highest BCUT2D eigenvalue weighted by Gasteiger charge is 2.09. The maximum Gasteiger partial charge on any atom is 0.124 e. The van der Waals surface area contributed by atoms with Gasteiger partial charge >= 0.3 is 0 Å². The highest BCUT2D eigenvalue weighted by molar-refractivity contribution is 9.10. The molecule has 1 atom stereocenters. The van der Waals surface area contributed by atoms with Crippen LogP contribution in [-0.2, 0) is 13.0 Å².